The lowest BCUT2D eigenvalue weighted by molar-refractivity contribution is -0.0996. The molecule has 16 heavy (non-hydrogen) atoms. The van der Waals surface area contributed by atoms with Gasteiger partial charge in [0, 0.05) is 0 Å². The third-order valence-electron chi connectivity index (χ3n) is 2.46. The van der Waals surface area contributed by atoms with Gasteiger partial charge in [0.25, 0.3) is 0 Å². The van der Waals surface area contributed by atoms with Crippen molar-refractivity contribution in [1.82, 2.24) is 0 Å². The zero-order valence-electron chi connectivity index (χ0n) is 9.43. The summed E-state index contributed by atoms with van der Waals surface area (Å²) in [6.07, 6.45) is 7.93. The summed E-state index contributed by atoms with van der Waals surface area (Å²) in [6.45, 7) is 3.26. The highest BCUT2D eigenvalue weighted by Gasteiger charge is 2.26. The van der Waals surface area contributed by atoms with Crippen LogP contribution in [-0.4, -0.2) is 19.0 Å². The first kappa shape index (κ1) is 11.1. The number of hydrogen-bond donors (Lipinski definition) is 0. The van der Waals surface area contributed by atoms with Crippen molar-refractivity contribution in [3.05, 3.63) is 54.1 Å². The van der Waals surface area contributed by atoms with Crippen molar-refractivity contribution in [2.75, 3.05) is 13.2 Å². The SMILES string of the molecule is CC1(/C=C/C=C\c2ccccc2)OCCO1. The minimum absolute atomic E-state index is 0.541. The summed E-state index contributed by atoms with van der Waals surface area (Å²) in [6, 6.07) is 10.2. The van der Waals surface area contributed by atoms with Crippen molar-refractivity contribution < 1.29 is 9.47 Å². The van der Waals surface area contributed by atoms with E-state index < -0.39 is 5.79 Å². The lowest BCUT2D eigenvalue weighted by atomic mass is 10.2. The van der Waals surface area contributed by atoms with Crippen LogP contribution in [0, 0.1) is 0 Å². The van der Waals surface area contributed by atoms with Crippen LogP contribution >= 0.6 is 0 Å². The van der Waals surface area contributed by atoms with Crippen LogP contribution in [0.2, 0.25) is 0 Å². The average molecular weight is 216 g/mol. The minimum Gasteiger partial charge on any atom is -0.344 e. The van der Waals surface area contributed by atoms with Crippen molar-refractivity contribution in [3.8, 4) is 0 Å². The summed E-state index contributed by atoms with van der Waals surface area (Å²) < 4.78 is 10.9. The van der Waals surface area contributed by atoms with Crippen molar-refractivity contribution >= 4 is 6.08 Å². The van der Waals surface area contributed by atoms with E-state index in [-0.39, 0.29) is 0 Å². The van der Waals surface area contributed by atoms with Gasteiger partial charge in [-0.15, -0.1) is 0 Å². The Morgan fingerprint density at radius 3 is 2.44 bits per heavy atom. The molecule has 84 valence electrons. The average Bonchev–Trinajstić information content (AvgIpc) is 2.74. The molecule has 0 atom stereocenters. The summed E-state index contributed by atoms with van der Waals surface area (Å²) in [7, 11) is 0. The topological polar surface area (TPSA) is 18.5 Å². The molecule has 1 heterocycles. The highest BCUT2D eigenvalue weighted by molar-refractivity contribution is 5.50. The van der Waals surface area contributed by atoms with E-state index in [1.807, 2.05) is 43.4 Å². The largest absolute Gasteiger partial charge is 0.344 e. The molecule has 0 bridgehead atoms. The van der Waals surface area contributed by atoms with Crippen LogP contribution in [0.3, 0.4) is 0 Å². The maximum absolute atomic E-state index is 5.45. The molecule has 1 aliphatic rings. The van der Waals surface area contributed by atoms with Gasteiger partial charge in [0.2, 0.25) is 0 Å². The number of hydrogen-bond acceptors (Lipinski definition) is 2. The molecule has 2 nitrogen and oxygen atoms in total. The molecule has 1 fully saturated rings. The van der Waals surface area contributed by atoms with Crippen molar-refractivity contribution in [3.63, 3.8) is 0 Å². The Morgan fingerprint density at radius 1 is 1.06 bits per heavy atom. The quantitative estimate of drug-likeness (QED) is 0.723. The predicted molar refractivity (Wildman–Crippen MR) is 64.9 cm³/mol. The summed E-state index contributed by atoms with van der Waals surface area (Å²) in [4.78, 5) is 0. The summed E-state index contributed by atoms with van der Waals surface area (Å²) in [5, 5.41) is 0. The number of allylic oxidation sites excluding steroid dienone is 2. The molecule has 0 aliphatic carbocycles. The fraction of sp³-hybridized carbons (Fsp3) is 0.286. The maximum atomic E-state index is 5.45. The van der Waals surface area contributed by atoms with Crippen molar-refractivity contribution in [2.45, 2.75) is 12.7 Å². The maximum Gasteiger partial charge on any atom is 0.185 e. The molecule has 0 amide bonds. The molecule has 2 heteroatoms. The Kier molecular flexibility index (Phi) is 3.54. The Labute approximate surface area is 96.2 Å². The van der Waals surface area contributed by atoms with Gasteiger partial charge in [-0.05, 0) is 18.6 Å². The van der Waals surface area contributed by atoms with Crippen LogP contribution < -0.4 is 0 Å². The normalized spacial score (nSPS) is 19.8. The standard InChI is InChI=1S/C14H16O2/c1-14(15-11-12-16-14)10-6-5-9-13-7-3-2-4-8-13/h2-10H,11-12H2,1H3/b9-5-,10-6+. The first-order valence-electron chi connectivity index (χ1n) is 5.47. The Bertz CT molecular complexity index is 373. The first-order chi connectivity index (χ1) is 7.79. The molecule has 1 aromatic rings. The zero-order chi connectivity index (χ0) is 11.3. The Morgan fingerprint density at radius 2 is 1.75 bits per heavy atom. The monoisotopic (exact) mass is 216 g/mol. The summed E-state index contributed by atoms with van der Waals surface area (Å²) in [5.41, 5.74) is 1.19. The van der Waals surface area contributed by atoms with Crippen molar-refractivity contribution in [1.29, 1.82) is 0 Å². The van der Waals surface area contributed by atoms with E-state index in [1.54, 1.807) is 0 Å². The van der Waals surface area contributed by atoms with E-state index in [1.165, 1.54) is 5.56 Å². The van der Waals surface area contributed by atoms with Gasteiger partial charge < -0.3 is 9.47 Å². The van der Waals surface area contributed by atoms with Gasteiger partial charge in [0.15, 0.2) is 5.79 Å². The van der Waals surface area contributed by atoms with Crippen molar-refractivity contribution in [2.24, 2.45) is 0 Å². The second kappa shape index (κ2) is 5.10. The predicted octanol–water partition coefficient (Wildman–Crippen LogP) is 3.02. The molecular formula is C14H16O2. The molecule has 0 aromatic heterocycles. The van der Waals surface area contributed by atoms with Gasteiger partial charge in [-0.2, -0.15) is 0 Å². The smallest absolute Gasteiger partial charge is 0.185 e. The lowest BCUT2D eigenvalue weighted by Crippen LogP contribution is -2.21. The van der Waals surface area contributed by atoms with Gasteiger partial charge in [-0.25, -0.2) is 0 Å². The van der Waals surface area contributed by atoms with Gasteiger partial charge in [-0.3, -0.25) is 0 Å². The minimum atomic E-state index is -0.541. The van der Waals surface area contributed by atoms with Crippen LogP contribution in [0.25, 0.3) is 6.08 Å². The van der Waals surface area contributed by atoms with E-state index >= 15 is 0 Å². The molecule has 0 saturated carbocycles. The van der Waals surface area contributed by atoms with Gasteiger partial charge in [0.05, 0.1) is 13.2 Å². The van der Waals surface area contributed by atoms with Gasteiger partial charge in [-0.1, -0.05) is 48.6 Å². The number of ether oxygens (including phenoxy) is 2. The van der Waals surface area contributed by atoms with E-state index in [0.29, 0.717) is 13.2 Å². The Balaban J connectivity index is 1.92. The van der Waals surface area contributed by atoms with E-state index in [9.17, 15) is 0 Å². The lowest BCUT2D eigenvalue weighted by Gasteiger charge is -2.16. The van der Waals surface area contributed by atoms with E-state index in [4.69, 9.17) is 9.47 Å². The van der Waals surface area contributed by atoms with Crippen LogP contribution in [-0.2, 0) is 9.47 Å². The second-order valence-electron chi connectivity index (χ2n) is 3.84. The summed E-state index contributed by atoms with van der Waals surface area (Å²) in [5.74, 6) is -0.541. The molecule has 1 saturated heterocycles. The van der Waals surface area contributed by atoms with Crippen LogP contribution in [0.5, 0.6) is 0 Å². The summed E-state index contributed by atoms with van der Waals surface area (Å²) >= 11 is 0. The zero-order valence-corrected chi connectivity index (χ0v) is 9.43. The number of benzene rings is 1. The third kappa shape index (κ3) is 3.05. The molecule has 2 rings (SSSR count). The third-order valence-corrected chi connectivity index (χ3v) is 2.46. The molecular weight excluding hydrogens is 200 g/mol. The van der Waals surface area contributed by atoms with Crippen LogP contribution in [0.4, 0.5) is 0 Å². The van der Waals surface area contributed by atoms with Gasteiger partial charge in [0.1, 0.15) is 0 Å². The van der Waals surface area contributed by atoms with Gasteiger partial charge >= 0.3 is 0 Å². The number of rotatable bonds is 3. The molecule has 0 spiro atoms. The first-order valence-corrected chi connectivity index (χ1v) is 5.47. The molecule has 0 radical (unpaired) electrons. The van der Waals surface area contributed by atoms with Crippen LogP contribution in [0.1, 0.15) is 12.5 Å². The fourth-order valence-electron chi connectivity index (χ4n) is 1.59. The second-order valence-corrected chi connectivity index (χ2v) is 3.84. The van der Waals surface area contributed by atoms with E-state index in [0.717, 1.165) is 0 Å². The molecule has 0 N–H and O–H groups in total. The van der Waals surface area contributed by atoms with Crippen LogP contribution in [0.15, 0.2) is 48.6 Å². The molecule has 1 aliphatic heterocycles. The highest BCUT2D eigenvalue weighted by atomic mass is 16.7. The highest BCUT2D eigenvalue weighted by Crippen LogP contribution is 2.19. The fourth-order valence-corrected chi connectivity index (χ4v) is 1.59. The van der Waals surface area contributed by atoms with E-state index in [2.05, 4.69) is 18.2 Å². The Hall–Kier alpha value is -1.38. The molecule has 0 unspecified atom stereocenters. The molecule has 1 aromatic carbocycles.